The predicted octanol–water partition coefficient (Wildman–Crippen LogP) is 4.99. The van der Waals surface area contributed by atoms with Gasteiger partial charge in [-0.3, -0.25) is 4.79 Å². The molecule has 2 N–H and O–H groups in total. The zero-order valence-corrected chi connectivity index (χ0v) is 15.7. The van der Waals surface area contributed by atoms with E-state index in [0.29, 0.717) is 13.0 Å². The number of carbonyl (C=O) groups is 1. The van der Waals surface area contributed by atoms with Crippen LogP contribution in [0.5, 0.6) is 0 Å². The second-order valence-corrected chi connectivity index (χ2v) is 6.77. The van der Waals surface area contributed by atoms with Crippen LogP contribution in [0.2, 0.25) is 0 Å². The molecular weight excluding hydrogens is 336 g/mol. The van der Waals surface area contributed by atoms with Crippen LogP contribution in [0.25, 0.3) is 11.1 Å². The van der Waals surface area contributed by atoms with Crippen LogP contribution in [0.4, 0.5) is 5.82 Å². The summed E-state index contributed by atoms with van der Waals surface area (Å²) in [6.07, 6.45) is 2.36. The number of hydrogen-bond acceptors (Lipinski definition) is 3. The molecule has 0 aliphatic heterocycles. The number of nitrogens with one attached hydrogen (secondary N) is 1. The molecule has 0 spiro atoms. The van der Waals surface area contributed by atoms with Crippen molar-refractivity contribution in [2.75, 3.05) is 5.32 Å². The molecule has 1 heterocycles. The van der Waals surface area contributed by atoms with Crippen molar-refractivity contribution in [1.82, 2.24) is 4.98 Å². The first kappa shape index (κ1) is 18.6. The van der Waals surface area contributed by atoms with Crippen molar-refractivity contribution < 1.29 is 9.90 Å². The molecule has 0 amide bonds. The molecule has 3 rings (SSSR count). The van der Waals surface area contributed by atoms with Gasteiger partial charge in [0.05, 0.1) is 0 Å². The molecule has 0 aliphatic rings. The van der Waals surface area contributed by atoms with Gasteiger partial charge in [0, 0.05) is 19.2 Å². The first-order chi connectivity index (χ1) is 13.0. The smallest absolute Gasteiger partial charge is 0.303 e. The Hall–Kier alpha value is -3.14. The summed E-state index contributed by atoms with van der Waals surface area (Å²) in [5, 5.41) is 12.1. The van der Waals surface area contributed by atoms with Crippen LogP contribution in [-0.4, -0.2) is 16.1 Å². The minimum atomic E-state index is -0.791. The van der Waals surface area contributed by atoms with Crippen molar-refractivity contribution in [2.24, 2.45) is 0 Å². The molecule has 0 atom stereocenters. The van der Waals surface area contributed by atoms with Gasteiger partial charge in [0.1, 0.15) is 5.82 Å². The highest BCUT2D eigenvalue weighted by atomic mass is 16.4. The molecule has 27 heavy (non-hydrogen) atoms. The van der Waals surface area contributed by atoms with Crippen molar-refractivity contribution in [3.05, 3.63) is 83.0 Å². The summed E-state index contributed by atoms with van der Waals surface area (Å²) in [5.74, 6) is -0.00692. The van der Waals surface area contributed by atoms with E-state index in [1.807, 2.05) is 12.1 Å². The lowest BCUT2D eigenvalue weighted by Crippen LogP contribution is -2.02. The third-order valence-corrected chi connectivity index (χ3v) is 4.62. The zero-order valence-electron chi connectivity index (χ0n) is 15.7. The Kier molecular flexibility index (Phi) is 5.87. The number of aryl methyl sites for hydroxylation is 3. The van der Waals surface area contributed by atoms with Gasteiger partial charge in [0.15, 0.2) is 0 Å². The van der Waals surface area contributed by atoms with Crippen molar-refractivity contribution in [1.29, 1.82) is 0 Å². The summed E-state index contributed by atoms with van der Waals surface area (Å²) in [5.41, 5.74) is 7.19. The third kappa shape index (κ3) is 4.94. The Labute approximate surface area is 159 Å². The molecule has 4 nitrogen and oxygen atoms in total. The van der Waals surface area contributed by atoms with Crippen molar-refractivity contribution in [2.45, 2.75) is 33.2 Å². The molecule has 3 aromatic rings. The van der Waals surface area contributed by atoms with Gasteiger partial charge >= 0.3 is 5.97 Å². The van der Waals surface area contributed by atoms with E-state index in [1.54, 1.807) is 6.20 Å². The topological polar surface area (TPSA) is 62.2 Å². The number of nitrogens with zero attached hydrogens (tertiary/aromatic N) is 1. The predicted molar refractivity (Wildman–Crippen MR) is 109 cm³/mol. The van der Waals surface area contributed by atoms with E-state index in [9.17, 15) is 4.79 Å². The Balaban J connectivity index is 1.68. The summed E-state index contributed by atoms with van der Waals surface area (Å²) in [6, 6.07) is 18.7. The van der Waals surface area contributed by atoms with Crippen molar-refractivity contribution in [3.8, 4) is 11.1 Å². The average molecular weight is 360 g/mol. The summed E-state index contributed by atoms with van der Waals surface area (Å²) in [7, 11) is 0. The lowest BCUT2D eigenvalue weighted by molar-refractivity contribution is -0.136. The molecule has 0 unspecified atom stereocenters. The van der Waals surface area contributed by atoms with Gasteiger partial charge in [-0.1, -0.05) is 42.5 Å². The van der Waals surface area contributed by atoms with Gasteiger partial charge in [-0.2, -0.15) is 0 Å². The molecule has 0 fully saturated rings. The minimum absolute atomic E-state index is 0.125. The maximum Gasteiger partial charge on any atom is 0.303 e. The molecule has 1 aromatic heterocycles. The summed E-state index contributed by atoms with van der Waals surface area (Å²) < 4.78 is 0. The average Bonchev–Trinajstić information content (AvgIpc) is 2.66. The van der Waals surface area contributed by atoms with Gasteiger partial charge in [0.25, 0.3) is 0 Å². The second-order valence-electron chi connectivity index (χ2n) is 6.77. The van der Waals surface area contributed by atoms with Crippen molar-refractivity contribution in [3.63, 3.8) is 0 Å². The molecule has 0 saturated heterocycles. The number of hydrogen-bond donors (Lipinski definition) is 2. The standard InChI is InChI=1S/C23H24N2O2/c1-16-5-3-6-17(2)23(16)20-8-4-7-19(13-20)15-25-21-11-9-18(14-24-21)10-12-22(26)27/h3-9,11,13-14H,10,12,15H2,1-2H3,(H,24,25)(H,26,27). The molecular formula is C23H24N2O2. The number of rotatable bonds is 7. The van der Waals surface area contributed by atoms with Crippen LogP contribution in [0.1, 0.15) is 28.7 Å². The highest BCUT2D eigenvalue weighted by molar-refractivity contribution is 5.71. The van der Waals surface area contributed by atoms with Gasteiger partial charge in [0.2, 0.25) is 0 Å². The normalized spacial score (nSPS) is 10.6. The molecule has 138 valence electrons. The lowest BCUT2D eigenvalue weighted by atomic mass is 9.95. The van der Waals surface area contributed by atoms with Gasteiger partial charge in [-0.25, -0.2) is 4.98 Å². The van der Waals surface area contributed by atoms with E-state index >= 15 is 0 Å². The number of carboxylic acids is 1. The molecule has 2 aromatic carbocycles. The SMILES string of the molecule is Cc1cccc(C)c1-c1cccc(CNc2ccc(CCC(=O)O)cn2)c1. The van der Waals surface area contributed by atoms with Crippen LogP contribution < -0.4 is 5.32 Å². The van der Waals surface area contributed by atoms with E-state index in [0.717, 1.165) is 11.4 Å². The van der Waals surface area contributed by atoms with Crippen LogP contribution >= 0.6 is 0 Å². The second kappa shape index (κ2) is 8.49. The summed E-state index contributed by atoms with van der Waals surface area (Å²) in [6.45, 7) is 4.96. The molecule has 0 bridgehead atoms. The maximum atomic E-state index is 10.6. The van der Waals surface area contributed by atoms with Gasteiger partial charge in [-0.05, 0) is 65.8 Å². The van der Waals surface area contributed by atoms with Gasteiger partial charge in [-0.15, -0.1) is 0 Å². The zero-order chi connectivity index (χ0) is 19.2. The number of aliphatic carboxylic acids is 1. The van der Waals surface area contributed by atoms with E-state index in [-0.39, 0.29) is 6.42 Å². The summed E-state index contributed by atoms with van der Waals surface area (Å²) in [4.78, 5) is 15.0. The van der Waals surface area contributed by atoms with Crippen LogP contribution in [0, 0.1) is 13.8 Å². The molecule has 0 saturated carbocycles. The monoisotopic (exact) mass is 360 g/mol. The molecule has 4 heteroatoms. The van der Waals surface area contributed by atoms with E-state index in [1.165, 1.54) is 27.8 Å². The van der Waals surface area contributed by atoms with E-state index in [4.69, 9.17) is 5.11 Å². The largest absolute Gasteiger partial charge is 0.481 e. The van der Waals surface area contributed by atoms with Crippen LogP contribution in [0.3, 0.4) is 0 Å². The lowest BCUT2D eigenvalue weighted by Gasteiger charge is -2.12. The van der Waals surface area contributed by atoms with E-state index < -0.39 is 5.97 Å². The first-order valence-corrected chi connectivity index (χ1v) is 9.09. The Morgan fingerprint density at radius 1 is 1.00 bits per heavy atom. The van der Waals surface area contributed by atoms with Gasteiger partial charge < -0.3 is 10.4 Å². The minimum Gasteiger partial charge on any atom is -0.481 e. The third-order valence-electron chi connectivity index (χ3n) is 4.62. The number of carboxylic acid groups (broad SMARTS) is 1. The Morgan fingerprint density at radius 3 is 2.41 bits per heavy atom. The van der Waals surface area contributed by atoms with E-state index in [2.05, 4.69) is 66.6 Å². The fraction of sp³-hybridized carbons (Fsp3) is 0.217. The first-order valence-electron chi connectivity index (χ1n) is 9.09. The Morgan fingerprint density at radius 2 is 1.74 bits per heavy atom. The van der Waals surface area contributed by atoms with Crippen LogP contribution in [-0.2, 0) is 17.8 Å². The fourth-order valence-corrected chi connectivity index (χ4v) is 3.23. The fourth-order valence-electron chi connectivity index (χ4n) is 3.23. The molecule has 0 aliphatic carbocycles. The molecule has 0 radical (unpaired) electrons. The van der Waals surface area contributed by atoms with Crippen molar-refractivity contribution >= 4 is 11.8 Å². The highest BCUT2D eigenvalue weighted by Gasteiger charge is 2.06. The quantitative estimate of drug-likeness (QED) is 0.623. The number of aromatic nitrogens is 1. The number of benzene rings is 2. The maximum absolute atomic E-state index is 10.6. The van der Waals surface area contributed by atoms with Crippen LogP contribution in [0.15, 0.2) is 60.8 Å². The number of pyridine rings is 1. The Bertz CT molecular complexity index is 913. The number of anilines is 1. The summed E-state index contributed by atoms with van der Waals surface area (Å²) >= 11 is 0. The highest BCUT2D eigenvalue weighted by Crippen LogP contribution is 2.27.